The van der Waals surface area contributed by atoms with Crippen molar-refractivity contribution < 1.29 is 9.59 Å². The maximum atomic E-state index is 13.4. The van der Waals surface area contributed by atoms with Crippen LogP contribution < -0.4 is 5.32 Å². The second kappa shape index (κ2) is 12.0. The van der Waals surface area contributed by atoms with Gasteiger partial charge in [-0.2, -0.15) is 0 Å². The number of benzene rings is 2. The van der Waals surface area contributed by atoms with E-state index in [2.05, 4.69) is 5.32 Å². The van der Waals surface area contributed by atoms with Crippen molar-refractivity contribution in [3.63, 3.8) is 0 Å². The minimum atomic E-state index is -0.548. The zero-order valence-corrected chi connectivity index (χ0v) is 20.9. The van der Waals surface area contributed by atoms with Crippen molar-refractivity contribution in [3.8, 4) is 0 Å². The molecule has 2 aromatic rings. The van der Waals surface area contributed by atoms with Gasteiger partial charge in [-0.3, -0.25) is 9.59 Å². The van der Waals surface area contributed by atoms with Gasteiger partial charge >= 0.3 is 0 Å². The third-order valence-corrected chi connectivity index (χ3v) is 7.41. The first-order chi connectivity index (χ1) is 15.4. The van der Waals surface area contributed by atoms with Crippen LogP contribution >= 0.6 is 35.0 Å². The number of nitrogens with one attached hydrogen (secondary N) is 1. The Balaban J connectivity index is 1.78. The van der Waals surface area contributed by atoms with E-state index in [0.29, 0.717) is 16.5 Å². The molecule has 0 aliphatic heterocycles. The van der Waals surface area contributed by atoms with Crippen molar-refractivity contribution in [2.45, 2.75) is 69.5 Å². The molecule has 2 aromatic carbocycles. The molecule has 2 amide bonds. The summed E-state index contributed by atoms with van der Waals surface area (Å²) < 4.78 is 0. The SMILES string of the molecule is CC[C@H](C(=O)NC1CCCC1)N(Cc1ccc(Cl)cc1Cl)C(=O)CSc1ccc(C)cc1. The van der Waals surface area contributed by atoms with Crippen LogP contribution in [0.15, 0.2) is 47.4 Å². The minimum Gasteiger partial charge on any atom is -0.352 e. The molecule has 0 heterocycles. The molecule has 1 saturated carbocycles. The minimum absolute atomic E-state index is 0.0850. The van der Waals surface area contributed by atoms with E-state index in [1.165, 1.54) is 17.3 Å². The average molecular weight is 494 g/mol. The number of carbonyl (C=O) groups is 2. The molecule has 1 fully saturated rings. The Kier molecular flexibility index (Phi) is 9.33. The van der Waals surface area contributed by atoms with Crippen molar-refractivity contribution in [1.82, 2.24) is 10.2 Å². The molecule has 1 N–H and O–H groups in total. The Labute approximate surface area is 205 Å². The van der Waals surface area contributed by atoms with Crippen LogP contribution in [-0.4, -0.2) is 34.6 Å². The van der Waals surface area contributed by atoms with Crippen molar-refractivity contribution in [3.05, 3.63) is 63.6 Å². The lowest BCUT2D eigenvalue weighted by atomic mass is 10.1. The van der Waals surface area contributed by atoms with Gasteiger partial charge in [-0.1, -0.05) is 66.7 Å². The normalized spacial score (nSPS) is 14.9. The molecule has 0 aromatic heterocycles. The van der Waals surface area contributed by atoms with E-state index in [1.807, 2.05) is 44.2 Å². The molecular weight excluding hydrogens is 463 g/mol. The summed E-state index contributed by atoms with van der Waals surface area (Å²) in [5, 5.41) is 4.19. The highest BCUT2D eigenvalue weighted by Crippen LogP contribution is 2.26. The molecule has 0 saturated heterocycles. The highest BCUT2D eigenvalue weighted by molar-refractivity contribution is 8.00. The first-order valence-electron chi connectivity index (χ1n) is 11.1. The largest absolute Gasteiger partial charge is 0.352 e. The molecule has 172 valence electrons. The fraction of sp³-hybridized carbons (Fsp3) is 0.440. The Morgan fingerprint density at radius 2 is 1.81 bits per heavy atom. The summed E-state index contributed by atoms with van der Waals surface area (Å²) in [6, 6.07) is 13.0. The second-order valence-corrected chi connectivity index (χ2v) is 10.2. The molecule has 4 nitrogen and oxygen atoms in total. The molecule has 1 aliphatic rings. The molecule has 0 unspecified atom stereocenters. The van der Waals surface area contributed by atoms with Crippen LogP contribution in [0.1, 0.15) is 50.2 Å². The van der Waals surface area contributed by atoms with Gasteiger partial charge in [0.25, 0.3) is 0 Å². The van der Waals surface area contributed by atoms with E-state index in [9.17, 15) is 9.59 Å². The maximum absolute atomic E-state index is 13.4. The molecule has 0 spiro atoms. The molecule has 7 heteroatoms. The second-order valence-electron chi connectivity index (χ2n) is 8.27. The van der Waals surface area contributed by atoms with Crippen LogP contribution in [-0.2, 0) is 16.1 Å². The molecule has 1 atom stereocenters. The first kappa shape index (κ1) is 24.9. The van der Waals surface area contributed by atoms with Crippen LogP contribution in [0, 0.1) is 6.92 Å². The fourth-order valence-corrected chi connectivity index (χ4v) is 5.24. The molecule has 0 radical (unpaired) electrons. The number of thioether (sulfide) groups is 1. The standard InChI is InChI=1S/C25H30Cl2N2O2S/c1-3-23(25(31)28-20-6-4-5-7-20)29(15-18-10-11-19(26)14-22(18)27)24(30)16-32-21-12-8-17(2)9-13-21/h8-14,20,23H,3-7,15-16H2,1-2H3,(H,28,31)/t23-/m1/s1. The molecular formula is C25H30Cl2N2O2S. The summed E-state index contributed by atoms with van der Waals surface area (Å²) in [5.41, 5.74) is 1.95. The number of amides is 2. The number of hydrogen-bond donors (Lipinski definition) is 1. The lowest BCUT2D eigenvalue weighted by Gasteiger charge is -2.31. The summed E-state index contributed by atoms with van der Waals surface area (Å²) >= 11 is 13.9. The molecule has 32 heavy (non-hydrogen) atoms. The molecule has 0 bridgehead atoms. The molecule has 1 aliphatic carbocycles. The highest BCUT2D eigenvalue weighted by Gasteiger charge is 2.31. The van der Waals surface area contributed by atoms with Gasteiger partial charge in [0.2, 0.25) is 11.8 Å². The van der Waals surface area contributed by atoms with Crippen LogP contribution in [0.4, 0.5) is 0 Å². The fourth-order valence-electron chi connectivity index (χ4n) is 3.98. The highest BCUT2D eigenvalue weighted by atomic mass is 35.5. The van der Waals surface area contributed by atoms with E-state index >= 15 is 0 Å². The first-order valence-corrected chi connectivity index (χ1v) is 12.8. The summed E-state index contributed by atoms with van der Waals surface area (Å²) in [7, 11) is 0. The van der Waals surface area contributed by atoms with Crippen molar-refractivity contribution in [2.24, 2.45) is 0 Å². The van der Waals surface area contributed by atoms with Crippen LogP contribution in [0.5, 0.6) is 0 Å². The van der Waals surface area contributed by atoms with Crippen molar-refractivity contribution >= 4 is 46.8 Å². The lowest BCUT2D eigenvalue weighted by Crippen LogP contribution is -2.51. The lowest BCUT2D eigenvalue weighted by molar-refractivity contribution is -0.139. The Hall–Kier alpha value is -1.69. The van der Waals surface area contributed by atoms with Gasteiger partial charge in [-0.25, -0.2) is 0 Å². The third kappa shape index (κ3) is 6.90. The number of halogens is 2. The van der Waals surface area contributed by atoms with Gasteiger partial charge in [-0.05, 0) is 56.0 Å². The van der Waals surface area contributed by atoms with Gasteiger partial charge < -0.3 is 10.2 Å². The van der Waals surface area contributed by atoms with Gasteiger partial charge in [0.15, 0.2) is 0 Å². The third-order valence-electron chi connectivity index (χ3n) is 5.83. The van der Waals surface area contributed by atoms with Gasteiger partial charge in [-0.15, -0.1) is 11.8 Å². The van der Waals surface area contributed by atoms with E-state index in [0.717, 1.165) is 36.1 Å². The quantitative estimate of drug-likeness (QED) is 0.420. The number of hydrogen-bond acceptors (Lipinski definition) is 3. The molecule has 3 rings (SSSR count). The summed E-state index contributed by atoms with van der Waals surface area (Å²) in [6.45, 7) is 4.24. The van der Waals surface area contributed by atoms with Crippen LogP contribution in [0.25, 0.3) is 0 Å². The van der Waals surface area contributed by atoms with Gasteiger partial charge in [0.1, 0.15) is 6.04 Å². The van der Waals surface area contributed by atoms with Crippen LogP contribution in [0.2, 0.25) is 10.0 Å². The topological polar surface area (TPSA) is 49.4 Å². The maximum Gasteiger partial charge on any atom is 0.243 e. The summed E-state index contributed by atoms with van der Waals surface area (Å²) in [5.74, 6) is 0.0785. The number of rotatable bonds is 9. The van der Waals surface area contributed by atoms with Crippen LogP contribution in [0.3, 0.4) is 0 Å². The number of nitrogens with zero attached hydrogens (tertiary/aromatic N) is 1. The Morgan fingerprint density at radius 1 is 1.12 bits per heavy atom. The van der Waals surface area contributed by atoms with E-state index in [-0.39, 0.29) is 30.2 Å². The smallest absolute Gasteiger partial charge is 0.243 e. The zero-order chi connectivity index (χ0) is 23.1. The number of aryl methyl sites for hydroxylation is 1. The van der Waals surface area contributed by atoms with E-state index in [4.69, 9.17) is 23.2 Å². The van der Waals surface area contributed by atoms with Crippen molar-refractivity contribution in [2.75, 3.05) is 5.75 Å². The predicted octanol–water partition coefficient (Wildman–Crippen LogP) is 6.26. The zero-order valence-electron chi connectivity index (χ0n) is 18.6. The van der Waals surface area contributed by atoms with Gasteiger partial charge in [0, 0.05) is 27.5 Å². The Morgan fingerprint density at radius 3 is 2.44 bits per heavy atom. The number of carbonyl (C=O) groups excluding carboxylic acids is 2. The predicted molar refractivity (Wildman–Crippen MR) is 133 cm³/mol. The van der Waals surface area contributed by atoms with E-state index < -0.39 is 6.04 Å². The summed E-state index contributed by atoms with van der Waals surface area (Å²) in [6.07, 6.45) is 4.81. The Bertz CT molecular complexity index is 930. The van der Waals surface area contributed by atoms with Gasteiger partial charge in [0.05, 0.1) is 5.75 Å². The van der Waals surface area contributed by atoms with Crippen molar-refractivity contribution in [1.29, 1.82) is 0 Å². The average Bonchev–Trinajstić information content (AvgIpc) is 3.27. The summed E-state index contributed by atoms with van der Waals surface area (Å²) in [4.78, 5) is 29.2. The van der Waals surface area contributed by atoms with E-state index in [1.54, 1.807) is 17.0 Å². The monoisotopic (exact) mass is 492 g/mol.